The Morgan fingerprint density at radius 1 is 1.38 bits per heavy atom. The highest BCUT2D eigenvalue weighted by Gasteiger charge is 2.12. The SMILES string of the molecule is O=C(NCCn1cccn1)Nc1cc(Cl)ccc1C(=O)O. The summed E-state index contributed by atoms with van der Waals surface area (Å²) in [6.45, 7) is 0.873. The summed E-state index contributed by atoms with van der Waals surface area (Å²) in [5.74, 6) is -1.14. The molecule has 0 saturated carbocycles. The molecule has 2 amide bonds. The largest absolute Gasteiger partial charge is 0.478 e. The van der Waals surface area contributed by atoms with Crippen LogP contribution in [0.1, 0.15) is 10.4 Å². The van der Waals surface area contributed by atoms with Gasteiger partial charge in [0.2, 0.25) is 0 Å². The summed E-state index contributed by atoms with van der Waals surface area (Å²) in [5, 5.41) is 18.5. The standard InChI is InChI=1S/C13H13ClN4O3/c14-9-2-3-10(12(19)20)11(8-9)17-13(21)15-5-7-18-6-1-4-16-18/h1-4,6,8H,5,7H2,(H,19,20)(H2,15,17,21). The summed E-state index contributed by atoms with van der Waals surface area (Å²) in [6, 6.07) is 5.45. The number of carbonyl (C=O) groups is 2. The molecule has 1 aromatic heterocycles. The first-order chi connectivity index (χ1) is 10.1. The number of hydrogen-bond donors (Lipinski definition) is 3. The fraction of sp³-hybridized carbons (Fsp3) is 0.154. The zero-order valence-corrected chi connectivity index (χ0v) is 11.7. The third-order valence-electron chi connectivity index (χ3n) is 2.65. The molecule has 0 fully saturated rings. The number of urea groups is 1. The number of amides is 2. The van der Waals surface area contributed by atoms with Crippen LogP contribution < -0.4 is 10.6 Å². The topological polar surface area (TPSA) is 96.3 Å². The number of nitrogens with one attached hydrogen (secondary N) is 2. The second-order valence-electron chi connectivity index (χ2n) is 4.15. The fourth-order valence-corrected chi connectivity index (χ4v) is 1.86. The van der Waals surface area contributed by atoms with Gasteiger partial charge in [-0.2, -0.15) is 5.10 Å². The number of carbonyl (C=O) groups excluding carboxylic acids is 1. The molecule has 21 heavy (non-hydrogen) atoms. The van der Waals surface area contributed by atoms with E-state index < -0.39 is 12.0 Å². The van der Waals surface area contributed by atoms with Gasteiger partial charge in [-0.1, -0.05) is 11.6 Å². The third-order valence-corrected chi connectivity index (χ3v) is 2.88. The highest BCUT2D eigenvalue weighted by Crippen LogP contribution is 2.21. The maximum atomic E-state index is 11.7. The molecule has 0 unspecified atom stereocenters. The number of benzene rings is 1. The Balaban J connectivity index is 1.93. The Bertz CT molecular complexity index is 643. The van der Waals surface area contributed by atoms with Gasteiger partial charge in [0.15, 0.2) is 0 Å². The van der Waals surface area contributed by atoms with Gasteiger partial charge in [-0.05, 0) is 24.3 Å². The number of aromatic carboxylic acids is 1. The predicted octanol–water partition coefficient (Wildman–Crippen LogP) is 2.06. The van der Waals surface area contributed by atoms with E-state index in [4.69, 9.17) is 16.7 Å². The first-order valence-corrected chi connectivity index (χ1v) is 6.49. The lowest BCUT2D eigenvalue weighted by Crippen LogP contribution is -2.32. The van der Waals surface area contributed by atoms with Crippen molar-refractivity contribution >= 4 is 29.3 Å². The van der Waals surface area contributed by atoms with E-state index in [1.807, 2.05) is 0 Å². The molecule has 0 bridgehead atoms. The van der Waals surface area contributed by atoms with Crippen LogP contribution >= 0.6 is 11.6 Å². The Morgan fingerprint density at radius 3 is 2.86 bits per heavy atom. The molecule has 0 spiro atoms. The van der Waals surface area contributed by atoms with Gasteiger partial charge >= 0.3 is 12.0 Å². The molecule has 1 aromatic carbocycles. The zero-order valence-electron chi connectivity index (χ0n) is 10.9. The lowest BCUT2D eigenvalue weighted by molar-refractivity contribution is 0.0698. The van der Waals surface area contributed by atoms with E-state index in [-0.39, 0.29) is 11.3 Å². The second kappa shape index (κ2) is 6.76. The van der Waals surface area contributed by atoms with Crippen molar-refractivity contribution in [1.29, 1.82) is 0 Å². The fourth-order valence-electron chi connectivity index (χ4n) is 1.69. The molecule has 0 radical (unpaired) electrons. The zero-order chi connectivity index (χ0) is 15.2. The van der Waals surface area contributed by atoms with E-state index in [0.29, 0.717) is 18.1 Å². The quantitative estimate of drug-likeness (QED) is 0.787. The predicted molar refractivity (Wildman–Crippen MR) is 77.7 cm³/mol. The average Bonchev–Trinajstić information content (AvgIpc) is 2.91. The Hall–Kier alpha value is -2.54. The molecular formula is C13H13ClN4O3. The highest BCUT2D eigenvalue weighted by atomic mass is 35.5. The number of halogens is 1. The smallest absolute Gasteiger partial charge is 0.337 e. The molecule has 3 N–H and O–H groups in total. The summed E-state index contributed by atoms with van der Waals surface area (Å²) in [4.78, 5) is 22.8. The summed E-state index contributed by atoms with van der Waals surface area (Å²) in [6.07, 6.45) is 3.42. The Labute approximate surface area is 125 Å². The number of carboxylic acid groups (broad SMARTS) is 1. The molecule has 7 nitrogen and oxygen atoms in total. The summed E-state index contributed by atoms with van der Waals surface area (Å²) >= 11 is 5.80. The molecule has 2 rings (SSSR count). The van der Waals surface area contributed by atoms with Crippen molar-refractivity contribution in [3.8, 4) is 0 Å². The van der Waals surface area contributed by atoms with Crippen molar-refractivity contribution in [3.63, 3.8) is 0 Å². The van der Waals surface area contributed by atoms with Gasteiger partial charge in [0.25, 0.3) is 0 Å². The number of nitrogens with zero attached hydrogens (tertiary/aromatic N) is 2. The average molecular weight is 309 g/mol. The lowest BCUT2D eigenvalue weighted by Gasteiger charge is -2.10. The van der Waals surface area contributed by atoms with Crippen LogP contribution in [0.4, 0.5) is 10.5 Å². The number of hydrogen-bond acceptors (Lipinski definition) is 3. The molecule has 2 aromatic rings. The third kappa shape index (κ3) is 4.22. The van der Waals surface area contributed by atoms with Crippen LogP contribution in [-0.4, -0.2) is 33.4 Å². The second-order valence-corrected chi connectivity index (χ2v) is 4.58. The summed E-state index contributed by atoms with van der Waals surface area (Å²) in [5.41, 5.74) is 0.119. The molecule has 8 heteroatoms. The van der Waals surface area contributed by atoms with E-state index in [1.54, 1.807) is 23.1 Å². The molecule has 1 heterocycles. The normalized spacial score (nSPS) is 10.1. The van der Waals surface area contributed by atoms with Crippen LogP contribution in [0.5, 0.6) is 0 Å². The van der Waals surface area contributed by atoms with E-state index in [2.05, 4.69) is 15.7 Å². The van der Waals surface area contributed by atoms with Crippen molar-refractivity contribution in [3.05, 3.63) is 47.2 Å². The van der Waals surface area contributed by atoms with Gasteiger partial charge in [-0.15, -0.1) is 0 Å². The molecule has 0 aliphatic rings. The van der Waals surface area contributed by atoms with Gasteiger partial charge in [0.1, 0.15) is 0 Å². The van der Waals surface area contributed by atoms with Crippen molar-refractivity contribution in [1.82, 2.24) is 15.1 Å². The molecule has 110 valence electrons. The Kier molecular flexibility index (Phi) is 4.78. The van der Waals surface area contributed by atoms with E-state index in [1.165, 1.54) is 18.2 Å². The first-order valence-electron chi connectivity index (χ1n) is 6.11. The highest BCUT2D eigenvalue weighted by molar-refractivity contribution is 6.31. The maximum Gasteiger partial charge on any atom is 0.337 e. The monoisotopic (exact) mass is 308 g/mol. The van der Waals surface area contributed by atoms with E-state index in [9.17, 15) is 9.59 Å². The number of aromatic nitrogens is 2. The van der Waals surface area contributed by atoms with Crippen LogP contribution in [0.3, 0.4) is 0 Å². The van der Waals surface area contributed by atoms with Crippen LogP contribution in [-0.2, 0) is 6.54 Å². The van der Waals surface area contributed by atoms with Crippen molar-refractivity contribution < 1.29 is 14.7 Å². The molecule has 0 aliphatic heterocycles. The maximum absolute atomic E-state index is 11.7. The van der Waals surface area contributed by atoms with Gasteiger partial charge in [-0.25, -0.2) is 9.59 Å². The van der Waals surface area contributed by atoms with Crippen molar-refractivity contribution in [2.24, 2.45) is 0 Å². The van der Waals surface area contributed by atoms with Gasteiger partial charge < -0.3 is 15.7 Å². The van der Waals surface area contributed by atoms with Gasteiger partial charge in [-0.3, -0.25) is 4.68 Å². The van der Waals surface area contributed by atoms with Crippen LogP contribution in [0, 0.1) is 0 Å². The number of carboxylic acids is 1. The number of anilines is 1. The minimum atomic E-state index is -1.14. The van der Waals surface area contributed by atoms with Crippen molar-refractivity contribution in [2.45, 2.75) is 6.54 Å². The summed E-state index contributed by atoms with van der Waals surface area (Å²) < 4.78 is 1.67. The minimum Gasteiger partial charge on any atom is -0.478 e. The van der Waals surface area contributed by atoms with Crippen LogP contribution in [0.25, 0.3) is 0 Å². The summed E-state index contributed by atoms with van der Waals surface area (Å²) in [7, 11) is 0. The van der Waals surface area contributed by atoms with E-state index in [0.717, 1.165) is 0 Å². The van der Waals surface area contributed by atoms with Crippen molar-refractivity contribution in [2.75, 3.05) is 11.9 Å². The first kappa shape index (κ1) is 14.9. The minimum absolute atomic E-state index is 0.0263. The van der Waals surface area contributed by atoms with Gasteiger partial charge in [0, 0.05) is 24.0 Å². The van der Waals surface area contributed by atoms with Crippen LogP contribution in [0.2, 0.25) is 5.02 Å². The Morgan fingerprint density at radius 2 is 2.19 bits per heavy atom. The lowest BCUT2D eigenvalue weighted by atomic mass is 10.2. The number of rotatable bonds is 5. The molecule has 0 aliphatic carbocycles. The molecule has 0 atom stereocenters. The van der Waals surface area contributed by atoms with Gasteiger partial charge in [0.05, 0.1) is 17.8 Å². The van der Waals surface area contributed by atoms with Crippen LogP contribution in [0.15, 0.2) is 36.7 Å². The van der Waals surface area contributed by atoms with E-state index >= 15 is 0 Å². The molecule has 0 saturated heterocycles. The molecular weight excluding hydrogens is 296 g/mol.